The first kappa shape index (κ1) is 11.5. The van der Waals surface area contributed by atoms with Crippen LogP contribution in [0.3, 0.4) is 0 Å². The SMILES string of the molecule is CCC1(C)CSC(=NCc2ccccn2)N1. The van der Waals surface area contributed by atoms with Gasteiger partial charge in [0.1, 0.15) is 0 Å². The largest absolute Gasteiger partial charge is 0.359 e. The van der Waals surface area contributed by atoms with Gasteiger partial charge in [-0.25, -0.2) is 0 Å². The third-order valence-electron chi connectivity index (χ3n) is 2.83. The molecular formula is C12H17N3S. The van der Waals surface area contributed by atoms with Gasteiger partial charge in [0.2, 0.25) is 0 Å². The van der Waals surface area contributed by atoms with Gasteiger partial charge in [-0.3, -0.25) is 9.98 Å². The summed E-state index contributed by atoms with van der Waals surface area (Å²) in [5.41, 5.74) is 1.23. The van der Waals surface area contributed by atoms with Gasteiger partial charge < -0.3 is 5.32 Å². The molecule has 2 heterocycles. The molecule has 16 heavy (non-hydrogen) atoms. The highest BCUT2D eigenvalue weighted by Crippen LogP contribution is 2.25. The molecule has 1 aliphatic heterocycles. The van der Waals surface area contributed by atoms with Crippen molar-refractivity contribution in [3.63, 3.8) is 0 Å². The van der Waals surface area contributed by atoms with Gasteiger partial charge in [0.05, 0.1) is 12.2 Å². The first-order valence-corrected chi connectivity index (χ1v) is 6.56. The minimum absolute atomic E-state index is 0.216. The quantitative estimate of drug-likeness (QED) is 0.874. The van der Waals surface area contributed by atoms with Crippen LogP contribution in [0.1, 0.15) is 26.0 Å². The van der Waals surface area contributed by atoms with Gasteiger partial charge in [-0.15, -0.1) is 0 Å². The van der Waals surface area contributed by atoms with Crippen LogP contribution in [0.4, 0.5) is 0 Å². The van der Waals surface area contributed by atoms with Crippen molar-refractivity contribution in [1.29, 1.82) is 0 Å². The Balaban J connectivity index is 1.95. The number of amidine groups is 1. The van der Waals surface area contributed by atoms with E-state index in [0.29, 0.717) is 6.54 Å². The van der Waals surface area contributed by atoms with Gasteiger partial charge in [-0.1, -0.05) is 24.8 Å². The summed E-state index contributed by atoms with van der Waals surface area (Å²) < 4.78 is 0. The van der Waals surface area contributed by atoms with E-state index in [1.165, 1.54) is 0 Å². The molecule has 0 aromatic carbocycles. The first-order chi connectivity index (χ1) is 7.72. The minimum atomic E-state index is 0.216. The highest BCUT2D eigenvalue weighted by Gasteiger charge is 2.30. The van der Waals surface area contributed by atoms with Crippen molar-refractivity contribution in [2.75, 3.05) is 5.75 Å². The Bertz CT molecular complexity index is 377. The summed E-state index contributed by atoms with van der Waals surface area (Å²) in [6.07, 6.45) is 2.93. The number of aliphatic imine (C=N–C) groups is 1. The zero-order chi connectivity index (χ0) is 11.4. The van der Waals surface area contributed by atoms with Gasteiger partial charge in [0.25, 0.3) is 0 Å². The molecule has 1 N–H and O–H groups in total. The normalized spacial score (nSPS) is 27.0. The summed E-state index contributed by atoms with van der Waals surface area (Å²) >= 11 is 1.80. The molecule has 86 valence electrons. The number of nitrogens with one attached hydrogen (secondary N) is 1. The monoisotopic (exact) mass is 235 g/mol. The van der Waals surface area contributed by atoms with Crippen molar-refractivity contribution in [1.82, 2.24) is 10.3 Å². The Morgan fingerprint density at radius 2 is 2.44 bits per heavy atom. The maximum absolute atomic E-state index is 4.54. The molecule has 0 spiro atoms. The highest BCUT2D eigenvalue weighted by atomic mass is 32.2. The topological polar surface area (TPSA) is 37.3 Å². The number of thioether (sulfide) groups is 1. The van der Waals surface area contributed by atoms with E-state index in [2.05, 4.69) is 29.1 Å². The van der Waals surface area contributed by atoms with Crippen molar-refractivity contribution in [3.8, 4) is 0 Å². The second kappa shape index (κ2) is 4.87. The Labute approximate surface area is 101 Å². The van der Waals surface area contributed by atoms with Gasteiger partial charge in [-0.2, -0.15) is 0 Å². The van der Waals surface area contributed by atoms with Crippen LogP contribution in [0.15, 0.2) is 29.4 Å². The maximum atomic E-state index is 4.54. The van der Waals surface area contributed by atoms with Crippen molar-refractivity contribution in [3.05, 3.63) is 30.1 Å². The molecule has 3 nitrogen and oxygen atoms in total. The molecule has 0 saturated carbocycles. The van der Waals surface area contributed by atoms with Crippen LogP contribution >= 0.6 is 11.8 Å². The van der Waals surface area contributed by atoms with Crippen LogP contribution in [-0.2, 0) is 6.54 Å². The van der Waals surface area contributed by atoms with Gasteiger partial charge in [0, 0.05) is 17.5 Å². The van der Waals surface area contributed by atoms with Crippen LogP contribution < -0.4 is 5.32 Å². The second-order valence-electron chi connectivity index (χ2n) is 4.27. The molecule has 1 fully saturated rings. The Hall–Kier alpha value is -1.03. The summed E-state index contributed by atoms with van der Waals surface area (Å²) in [4.78, 5) is 8.79. The molecule has 1 aromatic rings. The van der Waals surface area contributed by atoms with E-state index in [4.69, 9.17) is 0 Å². The average Bonchev–Trinajstić information content (AvgIpc) is 2.71. The molecule has 0 radical (unpaired) electrons. The summed E-state index contributed by atoms with van der Waals surface area (Å²) in [6, 6.07) is 5.92. The molecule has 1 atom stereocenters. The average molecular weight is 235 g/mol. The third kappa shape index (κ3) is 2.76. The van der Waals surface area contributed by atoms with Crippen LogP contribution in [0.5, 0.6) is 0 Å². The number of aromatic nitrogens is 1. The lowest BCUT2D eigenvalue weighted by Crippen LogP contribution is -2.39. The molecule has 1 saturated heterocycles. The van der Waals surface area contributed by atoms with Crippen LogP contribution in [0, 0.1) is 0 Å². The smallest absolute Gasteiger partial charge is 0.157 e. The predicted octanol–water partition coefficient (Wildman–Crippen LogP) is 2.44. The van der Waals surface area contributed by atoms with Gasteiger partial charge in [0.15, 0.2) is 5.17 Å². The third-order valence-corrected chi connectivity index (χ3v) is 4.11. The number of rotatable bonds is 3. The fourth-order valence-electron chi connectivity index (χ4n) is 1.48. The van der Waals surface area contributed by atoms with E-state index >= 15 is 0 Å². The Morgan fingerprint density at radius 3 is 3.06 bits per heavy atom. The van der Waals surface area contributed by atoms with Crippen molar-refractivity contribution >= 4 is 16.9 Å². The molecule has 1 aromatic heterocycles. The zero-order valence-electron chi connectivity index (χ0n) is 9.73. The van der Waals surface area contributed by atoms with E-state index in [1.807, 2.05) is 18.2 Å². The van der Waals surface area contributed by atoms with Gasteiger partial charge >= 0.3 is 0 Å². The maximum Gasteiger partial charge on any atom is 0.157 e. The molecular weight excluding hydrogens is 218 g/mol. The van der Waals surface area contributed by atoms with Crippen LogP contribution in [0.25, 0.3) is 0 Å². The van der Waals surface area contributed by atoms with Crippen molar-refractivity contribution < 1.29 is 0 Å². The predicted molar refractivity (Wildman–Crippen MR) is 69.7 cm³/mol. The standard InChI is InChI=1S/C12H17N3S/c1-3-12(2)9-16-11(15-12)14-8-10-6-4-5-7-13-10/h4-7H,3,8-9H2,1-2H3,(H,14,15). The van der Waals surface area contributed by atoms with E-state index in [9.17, 15) is 0 Å². The molecule has 0 amide bonds. The second-order valence-corrected chi connectivity index (χ2v) is 5.23. The lowest BCUT2D eigenvalue weighted by molar-refractivity contribution is 0.466. The molecule has 1 aliphatic rings. The Morgan fingerprint density at radius 1 is 1.56 bits per heavy atom. The van der Waals surface area contributed by atoms with Crippen molar-refractivity contribution in [2.24, 2.45) is 4.99 Å². The molecule has 0 bridgehead atoms. The van der Waals surface area contributed by atoms with E-state index in [-0.39, 0.29) is 5.54 Å². The number of nitrogens with zero attached hydrogens (tertiary/aromatic N) is 2. The molecule has 2 rings (SSSR count). The van der Waals surface area contributed by atoms with Crippen LogP contribution in [0.2, 0.25) is 0 Å². The zero-order valence-corrected chi connectivity index (χ0v) is 10.5. The summed E-state index contributed by atoms with van der Waals surface area (Å²) in [6.45, 7) is 5.11. The fraction of sp³-hybridized carbons (Fsp3) is 0.500. The molecule has 1 unspecified atom stereocenters. The molecule has 4 heteroatoms. The van der Waals surface area contributed by atoms with E-state index < -0.39 is 0 Å². The summed E-state index contributed by atoms with van der Waals surface area (Å²) in [7, 11) is 0. The number of hydrogen-bond donors (Lipinski definition) is 1. The number of pyridine rings is 1. The van der Waals surface area contributed by atoms with Crippen molar-refractivity contribution in [2.45, 2.75) is 32.4 Å². The molecule has 0 aliphatic carbocycles. The van der Waals surface area contributed by atoms with E-state index in [1.54, 1.807) is 18.0 Å². The van der Waals surface area contributed by atoms with Crippen LogP contribution in [-0.4, -0.2) is 21.4 Å². The lowest BCUT2D eigenvalue weighted by Gasteiger charge is -2.20. The van der Waals surface area contributed by atoms with E-state index in [0.717, 1.165) is 23.0 Å². The minimum Gasteiger partial charge on any atom is -0.359 e. The summed E-state index contributed by atoms with van der Waals surface area (Å²) in [5, 5.41) is 4.52. The Kier molecular flexibility index (Phi) is 3.49. The summed E-state index contributed by atoms with van der Waals surface area (Å²) in [5.74, 6) is 1.10. The lowest BCUT2D eigenvalue weighted by atomic mass is 10.0. The first-order valence-electron chi connectivity index (χ1n) is 5.57. The fourth-order valence-corrected chi connectivity index (χ4v) is 2.68. The number of hydrogen-bond acceptors (Lipinski definition) is 3. The highest BCUT2D eigenvalue weighted by molar-refractivity contribution is 8.14. The van der Waals surface area contributed by atoms with Gasteiger partial charge in [-0.05, 0) is 25.5 Å².